The lowest BCUT2D eigenvalue weighted by molar-refractivity contribution is 0.590. The fraction of sp³-hybridized carbons (Fsp3) is 0.154. The van der Waals surface area contributed by atoms with Crippen LogP contribution in [0.5, 0.6) is 0 Å². The van der Waals surface area contributed by atoms with Crippen molar-refractivity contribution in [3.05, 3.63) is 95.9 Å². The Morgan fingerprint density at radius 3 is 1.96 bits per heavy atom. The molecule has 1 heterocycles. The molecule has 0 atom stereocenters. The summed E-state index contributed by atoms with van der Waals surface area (Å²) in [6, 6.07) is 30.7. The van der Waals surface area contributed by atoms with Gasteiger partial charge in [0.15, 0.2) is 0 Å². The normalized spacial score (nSPS) is 11.5. The van der Waals surface area contributed by atoms with E-state index in [-0.39, 0.29) is 5.41 Å². The molecule has 3 aromatic carbocycles. The van der Waals surface area contributed by atoms with E-state index in [0.717, 1.165) is 0 Å². The average molecular weight is 369 g/mol. The predicted octanol–water partition coefficient (Wildman–Crippen LogP) is 8.05. The van der Waals surface area contributed by atoms with Gasteiger partial charge in [0.2, 0.25) is 0 Å². The summed E-state index contributed by atoms with van der Waals surface area (Å²) >= 11 is 1.80. The third-order valence-electron chi connectivity index (χ3n) is 4.96. The highest BCUT2D eigenvalue weighted by Crippen LogP contribution is 2.37. The van der Waals surface area contributed by atoms with Gasteiger partial charge < -0.3 is 0 Å². The molecule has 1 heteroatoms. The molecule has 0 aliphatic heterocycles. The summed E-state index contributed by atoms with van der Waals surface area (Å²) in [5.41, 5.74) is 7.94. The Balaban J connectivity index is 1.68. The Morgan fingerprint density at radius 1 is 0.593 bits per heavy atom. The van der Waals surface area contributed by atoms with Crippen molar-refractivity contribution in [1.82, 2.24) is 0 Å². The molecule has 0 nitrogen and oxygen atoms in total. The molecule has 0 N–H and O–H groups in total. The minimum absolute atomic E-state index is 0.164. The minimum Gasteiger partial charge on any atom is -0.143 e. The first-order chi connectivity index (χ1) is 13.0. The fourth-order valence-electron chi connectivity index (χ4n) is 3.36. The number of hydrogen-bond donors (Lipinski definition) is 0. The topological polar surface area (TPSA) is 0 Å². The molecule has 0 radical (unpaired) electrons. The molecule has 0 spiro atoms. The van der Waals surface area contributed by atoms with E-state index in [2.05, 4.69) is 111 Å². The van der Waals surface area contributed by atoms with Gasteiger partial charge in [-0.2, -0.15) is 0 Å². The van der Waals surface area contributed by atoms with Crippen molar-refractivity contribution < 1.29 is 0 Å². The highest BCUT2D eigenvalue weighted by molar-refractivity contribution is 7.14. The molecule has 4 aromatic rings. The van der Waals surface area contributed by atoms with E-state index in [1.54, 1.807) is 11.3 Å². The Morgan fingerprint density at radius 2 is 1.26 bits per heavy atom. The molecule has 134 valence electrons. The Labute approximate surface area is 166 Å². The number of hydrogen-bond acceptors (Lipinski definition) is 1. The molecular formula is C26H24S. The second kappa shape index (κ2) is 7.17. The van der Waals surface area contributed by atoms with Crippen LogP contribution < -0.4 is 0 Å². The lowest BCUT2D eigenvalue weighted by Gasteiger charge is -2.19. The van der Waals surface area contributed by atoms with Gasteiger partial charge in [-0.1, -0.05) is 99.6 Å². The van der Waals surface area contributed by atoms with Gasteiger partial charge >= 0.3 is 0 Å². The Kier molecular flexibility index (Phi) is 4.72. The lowest BCUT2D eigenvalue weighted by Crippen LogP contribution is -2.10. The van der Waals surface area contributed by atoms with Crippen molar-refractivity contribution >= 4 is 11.3 Å². The van der Waals surface area contributed by atoms with Crippen molar-refractivity contribution in [3.63, 3.8) is 0 Å². The fourth-order valence-corrected chi connectivity index (χ4v) is 4.28. The molecule has 4 rings (SSSR count). The first-order valence-corrected chi connectivity index (χ1v) is 10.2. The highest BCUT2D eigenvalue weighted by Gasteiger charge is 2.14. The summed E-state index contributed by atoms with van der Waals surface area (Å²) in [6.45, 7) is 6.78. The van der Waals surface area contributed by atoms with Gasteiger partial charge in [-0.3, -0.25) is 0 Å². The van der Waals surface area contributed by atoms with E-state index >= 15 is 0 Å². The predicted molar refractivity (Wildman–Crippen MR) is 119 cm³/mol. The van der Waals surface area contributed by atoms with Gasteiger partial charge in [-0.25, -0.2) is 0 Å². The van der Waals surface area contributed by atoms with Crippen LogP contribution in [0.25, 0.3) is 32.7 Å². The maximum atomic E-state index is 2.32. The molecule has 0 aliphatic rings. The van der Waals surface area contributed by atoms with E-state index in [1.807, 2.05) is 0 Å². The smallest absolute Gasteiger partial charge is 0.0421 e. The van der Waals surface area contributed by atoms with E-state index in [9.17, 15) is 0 Å². The monoisotopic (exact) mass is 368 g/mol. The van der Waals surface area contributed by atoms with Crippen LogP contribution in [0, 0.1) is 0 Å². The summed E-state index contributed by atoms with van der Waals surface area (Å²) in [6.07, 6.45) is 0. The van der Waals surface area contributed by atoms with Crippen LogP contribution in [-0.2, 0) is 5.41 Å². The Hall–Kier alpha value is -2.64. The summed E-state index contributed by atoms with van der Waals surface area (Å²) in [5.74, 6) is 0. The highest BCUT2D eigenvalue weighted by atomic mass is 32.1. The zero-order valence-electron chi connectivity index (χ0n) is 16.1. The third-order valence-corrected chi connectivity index (χ3v) is 5.92. The van der Waals surface area contributed by atoms with Gasteiger partial charge in [0.1, 0.15) is 0 Å². The van der Waals surface area contributed by atoms with Crippen molar-refractivity contribution in [2.45, 2.75) is 26.2 Å². The van der Waals surface area contributed by atoms with E-state index < -0.39 is 0 Å². The molecule has 0 saturated carbocycles. The van der Waals surface area contributed by atoms with Gasteiger partial charge in [-0.05, 0) is 44.7 Å². The first kappa shape index (κ1) is 17.8. The van der Waals surface area contributed by atoms with Crippen molar-refractivity contribution in [2.75, 3.05) is 0 Å². The molecule has 27 heavy (non-hydrogen) atoms. The van der Waals surface area contributed by atoms with Crippen LogP contribution in [0.4, 0.5) is 0 Å². The maximum absolute atomic E-state index is 2.32. The molecule has 0 unspecified atom stereocenters. The van der Waals surface area contributed by atoms with E-state index in [1.165, 1.54) is 38.3 Å². The number of benzene rings is 3. The number of rotatable bonds is 3. The lowest BCUT2D eigenvalue weighted by atomic mass is 9.85. The largest absolute Gasteiger partial charge is 0.143 e. The minimum atomic E-state index is 0.164. The third kappa shape index (κ3) is 3.74. The van der Waals surface area contributed by atoms with Crippen molar-refractivity contribution in [2.24, 2.45) is 0 Å². The SMILES string of the molecule is CC(C)(C)c1cccc(-c2ccc(-c3sccc3-c3ccccc3)cc2)c1. The van der Waals surface area contributed by atoms with Crippen LogP contribution in [0.2, 0.25) is 0 Å². The molecule has 0 amide bonds. The zero-order chi connectivity index (χ0) is 18.9. The van der Waals surface area contributed by atoms with Crippen LogP contribution in [0.15, 0.2) is 90.3 Å². The number of thiophene rings is 1. The van der Waals surface area contributed by atoms with E-state index in [4.69, 9.17) is 0 Å². The second-order valence-electron chi connectivity index (χ2n) is 7.94. The summed E-state index contributed by atoms with van der Waals surface area (Å²) < 4.78 is 0. The molecule has 1 aromatic heterocycles. The molecule has 0 fully saturated rings. The Bertz CT molecular complexity index is 1030. The summed E-state index contributed by atoms with van der Waals surface area (Å²) in [5, 5.41) is 2.18. The molecule has 0 aliphatic carbocycles. The second-order valence-corrected chi connectivity index (χ2v) is 8.85. The zero-order valence-corrected chi connectivity index (χ0v) is 16.9. The van der Waals surface area contributed by atoms with Crippen molar-refractivity contribution in [1.29, 1.82) is 0 Å². The molecular weight excluding hydrogens is 344 g/mol. The first-order valence-electron chi connectivity index (χ1n) is 9.37. The quantitative estimate of drug-likeness (QED) is 0.343. The van der Waals surface area contributed by atoms with Gasteiger partial charge in [0.05, 0.1) is 0 Å². The van der Waals surface area contributed by atoms with Crippen LogP contribution >= 0.6 is 11.3 Å². The van der Waals surface area contributed by atoms with Crippen LogP contribution in [0.3, 0.4) is 0 Å². The van der Waals surface area contributed by atoms with Crippen LogP contribution in [-0.4, -0.2) is 0 Å². The van der Waals surface area contributed by atoms with E-state index in [0.29, 0.717) is 0 Å². The average Bonchev–Trinajstić information content (AvgIpc) is 3.18. The van der Waals surface area contributed by atoms with Crippen LogP contribution in [0.1, 0.15) is 26.3 Å². The molecule has 0 saturated heterocycles. The van der Waals surface area contributed by atoms with Crippen molar-refractivity contribution in [3.8, 4) is 32.7 Å². The summed E-state index contributed by atoms with van der Waals surface area (Å²) in [7, 11) is 0. The summed E-state index contributed by atoms with van der Waals surface area (Å²) in [4.78, 5) is 1.33. The maximum Gasteiger partial charge on any atom is 0.0421 e. The van der Waals surface area contributed by atoms with Gasteiger partial charge in [-0.15, -0.1) is 11.3 Å². The van der Waals surface area contributed by atoms with Gasteiger partial charge in [0, 0.05) is 10.4 Å². The molecule has 0 bridgehead atoms. The standard InChI is InChI=1S/C26H24S/c1-26(2,3)23-11-7-10-22(18-23)19-12-14-21(15-13-19)25-24(16-17-27-25)20-8-5-4-6-9-20/h4-18H,1-3H3. The van der Waals surface area contributed by atoms with Gasteiger partial charge in [0.25, 0.3) is 0 Å².